The molecule has 1 heterocycles. The number of hydrogen-bond donors (Lipinski definition) is 2. The van der Waals surface area contributed by atoms with Crippen LogP contribution in [0.1, 0.15) is 38.5 Å². The number of halogens is 1. The molecule has 5 heteroatoms. The number of piperidine rings is 1. The summed E-state index contributed by atoms with van der Waals surface area (Å²) >= 11 is 0. The van der Waals surface area contributed by atoms with Crippen LogP contribution in [0.4, 0.5) is 0 Å². The number of rotatable bonds is 1. The maximum Gasteiger partial charge on any atom is 0.225 e. The molecule has 3 rings (SSSR count). The molecule has 19 heavy (non-hydrogen) atoms. The molecule has 3 atom stereocenters. The third kappa shape index (κ3) is 2.91. The highest BCUT2D eigenvalue weighted by atomic mass is 35.5. The van der Waals surface area contributed by atoms with E-state index < -0.39 is 0 Å². The standard InChI is InChI=1S/C14H24N2O2.ClH/c15-13-10-1-2-11(13)8-16(7-10)14(18)9-3-5-12(17)6-4-9;/h9-13,17H,1-8,15H2;1H/t9?,10-,11+,12?,13?;. The lowest BCUT2D eigenvalue weighted by atomic mass is 9.85. The Labute approximate surface area is 121 Å². The molecular formula is C14H25ClN2O2. The summed E-state index contributed by atoms with van der Waals surface area (Å²) in [4.78, 5) is 14.6. The second kappa shape index (κ2) is 5.98. The number of aliphatic hydroxyl groups excluding tert-OH is 1. The topological polar surface area (TPSA) is 66.6 Å². The number of likely N-dealkylation sites (tertiary alicyclic amines) is 1. The van der Waals surface area contributed by atoms with E-state index in [1.54, 1.807) is 0 Å². The quantitative estimate of drug-likeness (QED) is 0.761. The highest BCUT2D eigenvalue weighted by molar-refractivity contribution is 5.85. The summed E-state index contributed by atoms with van der Waals surface area (Å²) in [6.07, 6.45) is 5.50. The summed E-state index contributed by atoms with van der Waals surface area (Å²) < 4.78 is 0. The van der Waals surface area contributed by atoms with Crippen LogP contribution in [0.15, 0.2) is 0 Å². The Hall–Kier alpha value is -0.320. The number of carbonyl (C=O) groups excluding carboxylic acids is 1. The Balaban J connectivity index is 0.00000133. The van der Waals surface area contributed by atoms with Crippen LogP contribution in [0.5, 0.6) is 0 Å². The van der Waals surface area contributed by atoms with Gasteiger partial charge in [0.05, 0.1) is 6.10 Å². The van der Waals surface area contributed by atoms with Gasteiger partial charge in [-0.15, -0.1) is 12.4 Å². The number of aliphatic hydroxyl groups is 1. The fraction of sp³-hybridized carbons (Fsp3) is 0.929. The minimum atomic E-state index is -0.181. The van der Waals surface area contributed by atoms with Crippen molar-refractivity contribution in [3.05, 3.63) is 0 Å². The zero-order valence-corrected chi connectivity index (χ0v) is 12.1. The smallest absolute Gasteiger partial charge is 0.225 e. The summed E-state index contributed by atoms with van der Waals surface area (Å²) in [5, 5.41) is 9.51. The predicted molar refractivity (Wildman–Crippen MR) is 76.0 cm³/mol. The van der Waals surface area contributed by atoms with Gasteiger partial charge in [-0.2, -0.15) is 0 Å². The van der Waals surface area contributed by atoms with Gasteiger partial charge in [-0.25, -0.2) is 0 Å². The molecule has 1 unspecified atom stereocenters. The first-order valence-electron chi connectivity index (χ1n) is 7.37. The second-order valence-corrected chi connectivity index (χ2v) is 6.42. The van der Waals surface area contributed by atoms with Crippen molar-refractivity contribution in [2.75, 3.05) is 13.1 Å². The molecule has 110 valence electrons. The summed E-state index contributed by atoms with van der Waals surface area (Å²) in [6, 6.07) is 0.322. The van der Waals surface area contributed by atoms with E-state index in [0.717, 1.165) is 38.8 Å². The third-order valence-corrected chi connectivity index (χ3v) is 5.26. The highest BCUT2D eigenvalue weighted by Gasteiger charge is 2.42. The molecule has 4 nitrogen and oxygen atoms in total. The fourth-order valence-corrected chi connectivity index (χ4v) is 4.03. The molecule has 2 bridgehead atoms. The molecule has 2 aliphatic carbocycles. The average Bonchev–Trinajstić information content (AvgIpc) is 2.62. The van der Waals surface area contributed by atoms with Crippen LogP contribution in [0.25, 0.3) is 0 Å². The third-order valence-electron chi connectivity index (χ3n) is 5.26. The monoisotopic (exact) mass is 288 g/mol. The molecule has 0 radical (unpaired) electrons. The van der Waals surface area contributed by atoms with Gasteiger partial charge >= 0.3 is 0 Å². The Morgan fingerprint density at radius 3 is 2.05 bits per heavy atom. The molecular weight excluding hydrogens is 264 g/mol. The lowest BCUT2D eigenvalue weighted by Crippen LogP contribution is -2.52. The van der Waals surface area contributed by atoms with Gasteiger partial charge in [-0.1, -0.05) is 0 Å². The van der Waals surface area contributed by atoms with E-state index in [1.807, 2.05) is 0 Å². The first-order valence-corrected chi connectivity index (χ1v) is 7.37. The van der Waals surface area contributed by atoms with Gasteiger partial charge in [-0.3, -0.25) is 4.79 Å². The Morgan fingerprint density at radius 2 is 1.53 bits per heavy atom. The predicted octanol–water partition coefficient (Wildman–Crippen LogP) is 1.15. The van der Waals surface area contributed by atoms with E-state index in [4.69, 9.17) is 5.73 Å². The lowest BCUT2D eigenvalue weighted by Gasteiger charge is -2.38. The molecule has 1 aliphatic heterocycles. The molecule has 0 spiro atoms. The molecule has 1 saturated heterocycles. The van der Waals surface area contributed by atoms with Crippen LogP contribution in [0.2, 0.25) is 0 Å². The largest absolute Gasteiger partial charge is 0.393 e. The van der Waals surface area contributed by atoms with Gasteiger partial charge in [0.15, 0.2) is 0 Å². The first kappa shape index (κ1) is 15.1. The van der Waals surface area contributed by atoms with Gasteiger partial charge in [-0.05, 0) is 50.4 Å². The van der Waals surface area contributed by atoms with Gasteiger partial charge in [0, 0.05) is 25.0 Å². The molecule has 0 aromatic rings. The SMILES string of the molecule is Cl.NC1[C@@H]2CC[C@H]1CN(C(=O)C1CCC(O)CC1)C2. The Kier molecular flexibility index (Phi) is 4.75. The van der Waals surface area contributed by atoms with Crippen LogP contribution in [0, 0.1) is 17.8 Å². The van der Waals surface area contributed by atoms with Crippen LogP contribution in [0.3, 0.4) is 0 Å². The summed E-state index contributed by atoms with van der Waals surface area (Å²) in [5.41, 5.74) is 6.17. The minimum absolute atomic E-state index is 0. The van der Waals surface area contributed by atoms with E-state index >= 15 is 0 Å². The van der Waals surface area contributed by atoms with E-state index in [1.165, 1.54) is 12.8 Å². The molecule has 1 amide bonds. The fourth-order valence-electron chi connectivity index (χ4n) is 4.03. The molecule has 0 aromatic heterocycles. The van der Waals surface area contributed by atoms with Crippen LogP contribution < -0.4 is 5.73 Å². The average molecular weight is 289 g/mol. The number of fused-ring (bicyclic) bond motifs is 2. The molecule has 0 aromatic carbocycles. The van der Waals surface area contributed by atoms with E-state index in [-0.39, 0.29) is 24.4 Å². The van der Waals surface area contributed by atoms with Crippen molar-refractivity contribution in [2.45, 2.75) is 50.7 Å². The van der Waals surface area contributed by atoms with E-state index in [2.05, 4.69) is 4.90 Å². The summed E-state index contributed by atoms with van der Waals surface area (Å²) in [6.45, 7) is 1.74. The maximum absolute atomic E-state index is 12.5. The number of nitrogens with zero attached hydrogens (tertiary/aromatic N) is 1. The normalized spacial score (nSPS) is 41.8. The van der Waals surface area contributed by atoms with E-state index in [0.29, 0.717) is 23.8 Å². The van der Waals surface area contributed by atoms with Crippen molar-refractivity contribution in [1.82, 2.24) is 4.90 Å². The van der Waals surface area contributed by atoms with E-state index in [9.17, 15) is 9.90 Å². The van der Waals surface area contributed by atoms with Gasteiger partial charge in [0.2, 0.25) is 5.91 Å². The summed E-state index contributed by atoms with van der Waals surface area (Å²) in [5.74, 6) is 1.54. The number of amides is 1. The van der Waals surface area contributed by atoms with Crippen molar-refractivity contribution in [3.8, 4) is 0 Å². The van der Waals surface area contributed by atoms with Crippen molar-refractivity contribution in [1.29, 1.82) is 0 Å². The first-order chi connectivity index (χ1) is 8.65. The van der Waals surface area contributed by atoms with Crippen molar-refractivity contribution in [2.24, 2.45) is 23.5 Å². The molecule has 3 aliphatic rings. The van der Waals surface area contributed by atoms with Gasteiger partial charge in [0.1, 0.15) is 0 Å². The molecule has 3 fully saturated rings. The van der Waals surface area contributed by atoms with Crippen molar-refractivity contribution >= 4 is 18.3 Å². The van der Waals surface area contributed by atoms with Crippen molar-refractivity contribution < 1.29 is 9.90 Å². The molecule has 2 saturated carbocycles. The highest BCUT2D eigenvalue weighted by Crippen LogP contribution is 2.37. The van der Waals surface area contributed by atoms with Crippen LogP contribution in [-0.2, 0) is 4.79 Å². The van der Waals surface area contributed by atoms with Gasteiger partial charge < -0.3 is 15.7 Å². The zero-order chi connectivity index (χ0) is 12.7. The molecule has 3 N–H and O–H groups in total. The Morgan fingerprint density at radius 1 is 1.00 bits per heavy atom. The number of hydrogen-bond acceptors (Lipinski definition) is 3. The maximum atomic E-state index is 12.5. The minimum Gasteiger partial charge on any atom is -0.393 e. The Bertz CT molecular complexity index is 317. The lowest BCUT2D eigenvalue weighted by molar-refractivity contribution is -0.139. The zero-order valence-electron chi connectivity index (χ0n) is 11.3. The van der Waals surface area contributed by atoms with Crippen molar-refractivity contribution in [3.63, 3.8) is 0 Å². The van der Waals surface area contributed by atoms with Crippen LogP contribution in [-0.4, -0.2) is 41.1 Å². The van der Waals surface area contributed by atoms with Gasteiger partial charge in [0.25, 0.3) is 0 Å². The summed E-state index contributed by atoms with van der Waals surface area (Å²) in [7, 11) is 0. The number of carbonyl (C=O) groups is 1. The number of nitrogens with two attached hydrogens (primary N) is 1. The second-order valence-electron chi connectivity index (χ2n) is 6.42. The van der Waals surface area contributed by atoms with Crippen LogP contribution >= 0.6 is 12.4 Å².